The molecule has 26 heavy (non-hydrogen) atoms. The van der Waals surface area contributed by atoms with Crippen molar-refractivity contribution in [2.45, 2.75) is 32.3 Å². The van der Waals surface area contributed by atoms with E-state index in [4.69, 9.17) is 23.7 Å². The molecule has 1 aliphatic rings. The number of rotatable bonds is 11. The first kappa shape index (κ1) is 18.9. The predicted molar refractivity (Wildman–Crippen MR) is 101 cm³/mol. The number of nitrogens with one attached hydrogen (secondary N) is 1. The minimum atomic E-state index is 0.413. The molecule has 2 heterocycles. The zero-order valence-corrected chi connectivity index (χ0v) is 16.1. The van der Waals surface area contributed by atoms with Crippen LogP contribution in [-0.4, -0.2) is 52.2 Å². The molecule has 1 aromatic heterocycles. The van der Waals surface area contributed by atoms with Gasteiger partial charge in [0.15, 0.2) is 17.2 Å². The van der Waals surface area contributed by atoms with Crippen molar-refractivity contribution >= 4 is 10.9 Å². The number of ether oxygens (including phenoxy) is 5. The lowest BCUT2D eigenvalue weighted by atomic mass is 10.0. The van der Waals surface area contributed by atoms with Gasteiger partial charge >= 0.3 is 0 Å². The summed E-state index contributed by atoms with van der Waals surface area (Å²) in [7, 11) is 4.96. The van der Waals surface area contributed by atoms with Crippen molar-refractivity contribution in [3.63, 3.8) is 0 Å². The lowest BCUT2D eigenvalue weighted by Crippen LogP contribution is -2.15. The molecule has 1 N–H and O–H groups in total. The number of aryl methyl sites for hydroxylation is 1. The molecular weight excluding hydrogens is 334 g/mol. The first-order chi connectivity index (χ1) is 12.7. The number of H-pyrrole nitrogens is 1. The lowest BCUT2D eigenvalue weighted by Gasteiger charge is -2.12. The fraction of sp³-hybridized carbons (Fsp3) is 0.600. The molecular formula is C20H29NO5. The molecule has 0 bridgehead atoms. The fourth-order valence-corrected chi connectivity index (χ4v) is 3.43. The molecule has 1 aromatic carbocycles. The van der Waals surface area contributed by atoms with Gasteiger partial charge in [-0.05, 0) is 31.4 Å². The minimum absolute atomic E-state index is 0.413. The monoisotopic (exact) mass is 363 g/mol. The van der Waals surface area contributed by atoms with E-state index in [-0.39, 0.29) is 0 Å². The third kappa shape index (κ3) is 3.91. The van der Waals surface area contributed by atoms with E-state index in [1.54, 1.807) is 21.3 Å². The van der Waals surface area contributed by atoms with Crippen molar-refractivity contribution in [1.82, 2.24) is 4.98 Å². The summed E-state index contributed by atoms with van der Waals surface area (Å²) in [6, 6.07) is 3.88. The van der Waals surface area contributed by atoms with Gasteiger partial charge in [0.1, 0.15) is 0 Å². The summed E-state index contributed by atoms with van der Waals surface area (Å²) >= 11 is 0. The maximum absolute atomic E-state index is 5.86. The Labute approximate surface area is 154 Å². The third-order valence-electron chi connectivity index (χ3n) is 4.99. The number of methoxy groups -OCH3 is 3. The van der Waals surface area contributed by atoms with E-state index in [2.05, 4.69) is 11.9 Å². The second kappa shape index (κ2) is 8.64. The average Bonchev–Trinajstić information content (AvgIpc) is 3.44. The van der Waals surface area contributed by atoms with E-state index in [0.29, 0.717) is 23.5 Å². The number of fused-ring (bicyclic) bond motifs is 1. The molecule has 1 aliphatic heterocycles. The normalized spacial score (nSPS) is 17.3. The summed E-state index contributed by atoms with van der Waals surface area (Å²) in [4.78, 5) is 3.44. The predicted octanol–water partition coefficient (Wildman–Crippen LogP) is 3.57. The Bertz CT molecular complexity index is 723. The highest BCUT2D eigenvalue weighted by Crippen LogP contribution is 2.42. The fourth-order valence-electron chi connectivity index (χ4n) is 3.43. The van der Waals surface area contributed by atoms with Gasteiger partial charge in [-0.15, -0.1) is 0 Å². The van der Waals surface area contributed by atoms with Crippen molar-refractivity contribution in [1.29, 1.82) is 0 Å². The Kier molecular flexibility index (Phi) is 6.27. The number of hydrogen-bond acceptors (Lipinski definition) is 5. The number of epoxide rings is 1. The molecule has 2 unspecified atom stereocenters. The molecule has 0 spiro atoms. The third-order valence-corrected chi connectivity index (χ3v) is 4.99. The van der Waals surface area contributed by atoms with Crippen molar-refractivity contribution in [2.24, 2.45) is 5.92 Å². The van der Waals surface area contributed by atoms with Gasteiger partial charge in [0, 0.05) is 12.5 Å². The maximum atomic E-state index is 5.86. The van der Waals surface area contributed by atoms with Crippen LogP contribution in [0.15, 0.2) is 12.1 Å². The van der Waals surface area contributed by atoms with Crippen molar-refractivity contribution in [3.05, 3.63) is 17.8 Å². The Hall–Kier alpha value is -1.92. The molecule has 2 atom stereocenters. The Morgan fingerprint density at radius 3 is 2.54 bits per heavy atom. The second-order valence-corrected chi connectivity index (χ2v) is 6.58. The van der Waals surface area contributed by atoms with Gasteiger partial charge in [-0.1, -0.05) is 6.92 Å². The first-order valence-electron chi connectivity index (χ1n) is 9.22. The van der Waals surface area contributed by atoms with Crippen LogP contribution in [0, 0.1) is 5.92 Å². The van der Waals surface area contributed by atoms with Gasteiger partial charge < -0.3 is 28.7 Å². The van der Waals surface area contributed by atoms with Crippen LogP contribution in [-0.2, 0) is 15.9 Å². The van der Waals surface area contributed by atoms with Crippen LogP contribution in [0.25, 0.3) is 10.9 Å². The molecule has 0 radical (unpaired) electrons. The number of benzene rings is 1. The number of aromatic nitrogens is 1. The van der Waals surface area contributed by atoms with Crippen molar-refractivity contribution < 1.29 is 23.7 Å². The molecule has 6 nitrogen and oxygen atoms in total. The lowest BCUT2D eigenvalue weighted by molar-refractivity contribution is 0.0847. The molecule has 6 heteroatoms. The van der Waals surface area contributed by atoms with E-state index in [1.165, 1.54) is 0 Å². The topological polar surface area (TPSA) is 65.2 Å². The van der Waals surface area contributed by atoms with Crippen LogP contribution in [0.3, 0.4) is 0 Å². The van der Waals surface area contributed by atoms with Gasteiger partial charge in [0.2, 0.25) is 0 Å². The SMILES string of the molecule is CCC(COCCCc1[nH]c2ccc(OC)c(OC)c2c1OC)C1CO1. The standard InChI is InChI=1S/C20H29NO5/c1-5-13(17-12-26-17)11-25-10-6-7-15-19(23-3)18-14(21-15)8-9-16(22-2)20(18)24-4/h8-9,13,17,21H,5-7,10-12H2,1-4H3. The molecule has 1 fully saturated rings. The van der Waals surface area contributed by atoms with Crippen LogP contribution in [0.2, 0.25) is 0 Å². The van der Waals surface area contributed by atoms with Crippen molar-refractivity contribution in [2.75, 3.05) is 41.2 Å². The van der Waals surface area contributed by atoms with Gasteiger partial charge in [-0.3, -0.25) is 0 Å². The summed E-state index contributed by atoms with van der Waals surface area (Å²) in [5, 5.41) is 0.919. The van der Waals surface area contributed by atoms with E-state index < -0.39 is 0 Å². The molecule has 0 saturated carbocycles. The van der Waals surface area contributed by atoms with Gasteiger partial charge in [-0.2, -0.15) is 0 Å². The van der Waals surface area contributed by atoms with Gasteiger partial charge in [0.05, 0.1) is 57.2 Å². The number of hydrogen-bond donors (Lipinski definition) is 1. The summed E-state index contributed by atoms with van der Waals surface area (Å²) in [6.45, 7) is 4.57. The summed E-state index contributed by atoms with van der Waals surface area (Å²) in [5.41, 5.74) is 2.03. The Balaban J connectivity index is 1.64. The summed E-state index contributed by atoms with van der Waals surface area (Å²) in [6.07, 6.45) is 3.28. The molecule has 0 amide bonds. The highest BCUT2D eigenvalue weighted by molar-refractivity contribution is 5.95. The highest BCUT2D eigenvalue weighted by Gasteiger charge is 2.31. The van der Waals surface area contributed by atoms with Crippen LogP contribution in [0.5, 0.6) is 17.2 Å². The highest BCUT2D eigenvalue weighted by atomic mass is 16.6. The second-order valence-electron chi connectivity index (χ2n) is 6.58. The zero-order valence-electron chi connectivity index (χ0n) is 16.1. The molecule has 2 aromatic rings. The largest absolute Gasteiger partial charge is 0.494 e. The molecule has 1 saturated heterocycles. The van der Waals surface area contributed by atoms with E-state index in [9.17, 15) is 0 Å². The smallest absolute Gasteiger partial charge is 0.173 e. The van der Waals surface area contributed by atoms with Crippen LogP contribution in [0.4, 0.5) is 0 Å². The van der Waals surface area contributed by atoms with Crippen LogP contribution >= 0.6 is 0 Å². The zero-order chi connectivity index (χ0) is 18.5. The Morgan fingerprint density at radius 1 is 1.15 bits per heavy atom. The van der Waals surface area contributed by atoms with E-state index in [1.807, 2.05) is 12.1 Å². The number of aromatic amines is 1. The molecule has 144 valence electrons. The maximum Gasteiger partial charge on any atom is 0.173 e. The first-order valence-corrected chi connectivity index (χ1v) is 9.22. The molecule has 3 rings (SSSR count). The van der Waals surface area contributed by atoms with E-state index >= 15 is 0 Å². The summed E-state index contributed by atoms with van der Waals surface area (Å²) in [5.74, 6) is 2.72. The Morgan fingerprint density at radius 2 is 1.92 bits per heavy atom. The minimum Gasteiger partial charge on any atom is -0.494 e. The van der Waals surface area contributed by atoms with Gasteiger partial charge in [0.25, 0.3) is 0 Å². The summed E-state index contributed by atoms with van der Waals surface area (Å²) < 4.78 is 27.8. The average molecular weight is 363 g/mol. The molecule has 0 aliphatic carbocycles. The quantitative estimate of drug-likeness (QED) is 0.488. The van der Waals surface area contributed by atoms with Crippen molar-refractivity contribution in [3.8, 4) is 17.2 Å². The van der Waals surface area contributed by atoms with Crippen LogP contribution < -0.4 is 14.2 Å². The van der Waals surface area contributed by atoms with Gasteiger partial charge in [-0.25, -0.2) is 0 Å². The van der Waals surface area contributed by atoms with E-state index in [0.717, 1.165) is 61.4 Å². The van der Waals surface area contributed by atoms with Crippen LogP contribution in [0.1, 0.15) is 25.5 Å².